The van der Waals surface area contributed by atoms with Gasteiger partial charge in [0.1, 0.15) is 6.04 Å². The lowest BCUT2D eigenvalue weighted by Gasteiger charge is -2.19. The van der Waals surface area contributed by atoms with E-state index in [0.717, 1.165) is 11.8 Å². The maximum atomic E-state index is 12.2. The van der Waals surface area contributed by atoms with E-state index in [1.54, 1.807) is 11.6 Å². The Labute approximate surface area is 136 Å². The fourth-order valence-electron chi connectivity index (χ4n) is 1.65. The lowest BCUT2D eigenvalue weighted by atomic mass is 10.0. The van der Waals surface area contributed by atoms with Gasteiger partial charge in [-0.15, -0.1) is 23.1 Å². The van der Waals surface area contributed by atoms with E-state index in [-0.39, 0.29) is 29.2 Å². The van der Waals surface area contributed by atoms with Crippen LogP contribution >= 0.6 is 23.1 Å². The minimum absolute atomic E-state index is 0.00538. The van der Waals surface area contributed by atoms with Crippen molar-refractivity contribution in [1.82, 2.24) is 10.3 Å². The zero-order valence-corrected chi connectivity index (χ0v) is 14.0. The van der Waals surface area contributed by atoms with E-state index in [4.69, 9.17) is 5.11 Å². The van der Waals surface area contributed by atoms with Crippen LogP contribution in [0.4, 0.5) is 5.13 Å². The summed E-state index contributed by atoms with van der Waals surface area (Å²) in [7, 11) is 0. The first-order valence-corrected chi connectivity index (χ1v) is 8.71. The highest BCUT2D eigenvalue weighted by Gasteiger charge is 2.22. The van der Waals surface area contributed by atoms with E-state index in [1.807, 2.05) is 13.8 Å². The number of aromatic nitrogens is 1. The lowest BCUT2D eigenvalue weighted by molar-refractivity contribution is -0.133. The van der Waals surface area contributed by atoms with Crippen LogP contribution in [0.2, 0.25) is 0 Å². The number of carboxylic acid groups (broad SMARTS) is 1. The van der Waals surface area contributed by atoms with Crippen molar-refractivity contribution in [3.05, 3.63) is 11.6 Å². The Morgan fingerprint density at radius 1 is 1.36 bits per heavy atom. The average Bonchev–Trinajstić information content (AvgIpc) is 2.89. The number of nitrogens with zero attached hydrogens (tertiary/aromatic N) is 1. The molecule has 3 N–H and O–H groups in total. The van der Waals surface area contributed by atoms with Gasteiger partial charge in [0, 0.05) is 11.6 Å². The molecule has 9 heteroatoms. The maximum absolute atomic E-state index is 12.2. The zero-order chi connectivity index (χ0) is 16.5. The van der Waals surface area contributed by atoms with E-state index in [9.17, 15) is 14.4 Å². The Hall–Kier alpha value is -1.61. The molecule has 1 aromatic heterocycles. The Morgan fingerprint density at radius 3 is 2.64 bits per heavy atom. The summed E-state index contributed by atoms with van der Waals surface area (Å²) >= 11 is 2.29. The molecule has 0 saturated heterocycles. The normalized spacial score (nSPS) is 12.0. The van der Waals surface area contributed by atoms with Crippen LogP contribution in [-0.4, -0.2) is 45.4 Å². The zero-order valence-electron chi connectivity index (χ0n) is 12.4. The quantitative estimate of drug-likeness (QED) is 0.625. The van der Waals surface area contributed by atoms with Gasteiger partial charge in [0.05, 0.1) is 11.5 Å². The van der Waals surface area contributed by atoms with Crippen LogP contribution < -0.4 is 10.6 Å². The summed E-state index contributed by atoms with van der Waals surface area (Å²) in [5.74, 6) is -1.57. The fourth-order valence-corrected chi connectivity index (χ4v) is 2.72. The molecule has 0 aliphatic heterocycles. The van der Waals surface area contributed by atoms with Gasteiger partial charge in [-0.2, -0.15) is 0 Å². The summed E-state index contributed by atoms with van der Waals surface area (Å²) in [5, 5.41) is 16.1. The molecule has 0 spiro atoms. The van der Waals surface area contributed by atoms with Gasteiger partial charge < -0.3 is 15.7 Å². The van der Waals surface area contributed by atoms with Crippen LogP contribution in [0, 0.1) is 5.92 Å². The molecule has 1 unspecified atom stereocenters. The highest BCUT2D eigenvalue weighted by Crippen LogP contribution is 2.13. The number of thioether (sulfide) groups is 1. The highest BCUT2D eigenvalue weighted by atomic mass is 32.2. The van der Waals surface area contributed by atoms with Crippen LogP contribution in [0.5, 0.6) is 0 Å². The first kappa shape index (κ1) is 18.4. The number of carbonyl (C=O) groups is 3. The number of amides is 2. The number of rotatable bonds is 9. The molecule has 22 heavy (non-hydrogen) atoms. The van der Waals surface area contributed by atoms with Crippen molar-refractivity contribution in [2.45, 2.75) is 26.3 Å². The molecule has 0 radical (unpaired) electrons. The van der Waals surface area contributed by atoms with Gasteiger partial charge >= 0.3 is 5.97 Å². The maximum Gasteiger partial charge on any atom is 0.313 e. The summed E-state index contributed by atoms with van der Waals surface area (Å²) in [4.78, 5) is 38.4. The van der Waals surface area contributed by atoms with Crippen molar-refractivity contribution < 1.29 is 19.5 Å². The Bertz CT molecular complexity index is 505. The molecule has 0 fully saturated rings. The molecule has 1 rings (SSSR count). The second-order valence-corrected chi connectivity index (χ2v) is 6.84. The van der Waals surface area contributed by atoms with Gasteiger partial charge in [0.25, 0.3) is 0 Å². The van der Waals surface area contributed by atoms with Crippen LogP contribution in [-0.2, 0) is 14.4 Å². The van der Waals surface area contributed by atoms with Crippen molar-refractivity contribution in [2.75, 3.05) is 16.8 Å². The Kier molecular flexibility index (Phi) is 7.89. The van der Waals surface area contributed by atoms with Gasteiger partial charge in [-0.05, 0) is 12.3 Å². The third-order valence-electron chi connectivity index (χ3n) is 2.48. The molecule has 0 saturated carbocycles. The Morgan fingerprint density at radius 2 is 2.09 bits per heavy atom. The molecule has 2 amide bonds. The molecule has 0 aromatic carbocycles. The minimum atomic E-state index is -0.974. The molecular formula is C13H19N3O4S2. The molecule has 7 nitrogen and oxygen atoms in total. The largest absolute Gasteiger partial charge is 0.481 e. The predicted octanol–water partition coefficient (Wildman–Crippen LogP) is 1.43. The predicted molar refractivity (Wildman–Crippen MR) is 87.1 cm³/mol. The van der Waals surface area contributed by atoms with Gasteiger partial charge in [-0.3, -0.25) is 14.4 Å². The number of hydrogen-bond acceptors (Lipinski definition) is 6. The van der Waals surface area contributed by atoms with Crippen molar-refractivity contribution >= 4 is 46.0 Å². The smallest absolute Gasteiger partial charge is 0.313 e. The second-order valence-electron chi connectivity index (χ2n) is 4.96. The van der Waals surface area contributed by atoms with Gasteiger partial charge in [-0.1, -0.05) is 13.8 Å². The summed E-state index contributed by atoms with van der Waals surface area (Å²) in [5.41, 5.74) is 0. The van der Waals surface area contributed by atoms with Crippen molar-refractivity contribution in [2.24, 2.45) is 5.92 Å². The number of hydrogen-bond donors (Lipinski definition) is 3. The third-order valence-corrected chi connectivity index (χ3v) is 4.09. The summed E-state index contributed by atoms with van der Waals surface area (Å²) < 4.78 is 0. The molecule has 0 bridgehead atoms. The number of carboxylic acids is 1. The van der Waals surface area contributed by atoms with Crippen LogP contribution in [0.3, 0.4) is 0 Å². The SMILES string of the molecule is CC(C)CC(NC(=O)CSCC(=O)O)C(=O)Nc1nccs1. The van der Waals surface area contributed by atoms with E-state index < -0.39 is 12.0 Å². The van der Waals surface area contributed by atoms with Gasteiger partial charge in [0.2, 0.25) is 11.8 Å². The van der Waals surface area contributed by atoms with E-state index >= 15 is 0 Å². The van der Waals surface area contributed by atoms with Crippen LogP contribution in [0.1, 0.15) is 20.3 Å². The lowest BCUT2D eigenvalue weighted by Crippen LogP contribution is -2.45. The molecular weight excluding hydrogens is 326 g/mol. The monoisotopic (exact) mass is 345 g/mol. The van der Waals surface area contributed by atoms with Gasteiger partial charge in [-0.25, -0.2) is 4.98 Å². The molecule has 0 aliphatic carbocycles. The van der Waals surface area contributed by atoms with Crippen molar-refractivity contribution in [3.63, 3.8) is 0 Å². The number of nitrogens with one attached hydrogen (secondary N) is 2. The van der Waals surface area contributed by atoms with Crippen molar-refractivity contribution in [1.29, 1.82) is 0 Å². The third kappa shape index (κ3) is 7.41. The van der Waals surface area contributed by atoms with Gasteiger partial charge in [0.15, 0.2) is 5.13 Å². The minimum Gasteiger partial charge on any atom is -0.481 e. The summed E-state index contributed by atoms with van der Waals surface area (Å²) in [6.45, 7) is 3.91. The Balaban J connectivity index is 2.53. The number of thiazole rings is 1. The fraction of sp³-hybridized carbons (Fsp3) is 0.538. The molecule has 1 heterocycles. The van der Waals surface area contributed by atoms with E-state index in [0.29, 0.717) is 11.6 Å². The molecule has 0 aliphatic rings. The van der Waals surface area contributed by atoms with E-state index in [1.165, 1.54) is 11.3 Å². The first-order chi connectivity index (χ1) is 10.4. The summed E-state index contributed by atoms with van der Waals surface area (Å²) in [6, 6.07) is -0.665. The first-order valence-electron chi connectivity index (χ1n) is 6.67. The molecule has 122 valence electrons. The molecule has 1 atom stereocenters. The topological polar surface area (TPSA) is 108 Å². The number of anilines is 1. The average molecular weight is 345 g/mol. The second kappa shape index (κ2) is 9.42. The van der Waals surface area contributed by atoms with E-state index in [2.05, 4.69) is 15.6 Å². The van der Waals surface area contributed by atoms with Crippen LogP contribution in [0.25, 0.3) is 0 Å². The summed E-state index contributed by atoms with van der Waals surface area (Å²) in [6.07, 6.45) is 2.07. The number of carbonyl (C=O) groups excluding carboxylic acids is 2. The standard InChI is InChI=1S/C13H19N3O4S2/c1-8(2)5-9(12(20)16-13-14-3-4-22-13)15-10(17)6-21-7-11(18)19/h3-4,8-9H,5-7H2,1-2H3,(H,15,17)(H,18,19)(H,14,16,20). The highest BCUT2D eigenvalue weighted by molar-refractivity contribution is 8.00. The molecule has 1 aromatic rings. The number of aliphatic carboxylic acids is 1. The van der Waals surface area contributed by atoms with Crippen LogP contribution in [0.15, 0.2) is 11.6 Å². The van der Waals surface area contributed by atoms with Crippen molar-refractivity contribution in [3.8, 4) is 0 Å².